The number of carbonyl (C=O) groups excluding carboxylic acids is 6. The van der Waals surface area contributed by atoms with Crippen LogP contribution in [0.5, 0.6) is 0 Å². The fourth-order valence-corrected chi connectivity index (χ4v) is 4.78. The zero-order chi connectivity index (χ0) is 33.6. The normalized spacial score (nSPS) is 13.9. The first-order valence-corrected chi connectivity index (χ1v) is 15.3. The Morgan fingerprint density at radius 1 is 0.978 bits per heavy atom. The number of anilines is 1. The molecule has 15 nitrogen and oxygen atoms in total. The molecular formula is C31H42N8O7. The molecule has 1 aromatic heterocycles. The number of imide groups is 1. The van der Waals surface area contributed by atoms with Crippen LogP contribution >= 0.6 is 0 Å². The van der Waals surface area contributed by atoms with E-state index in [9.17, 15) is 28.8 Å². The number of benzene rings is 1. The van der Waals surface area contributed by atoms with Crippen LogP contribution in [0.15, 0.2) is 42.6 Å². The minimum Gasteiger partial charge on any atom is -0.461 e. The Hall–Kier alpha value is -5.08. The van der Waals surface area contributed by atoms with Crippen LogP contribution in [0.2, 0.25) is 0 Å². The Morgan fingerprint density at radius 2 is 1.67 bits per heavy atom. The van der Waals surface area contributed by atoms with Crippen molar-refractivity contribution in [2.24, 2.45) is 11.7 Å². The lowest BCUT2D eigenvalue weighted by molar-refractivity contribution is -0.142. The van der Waals surface area contributed by atoms with E-state index in [1.165, 1.54) is 28.7 Å². The zero-order valence-electron chi connectivity index (χ0n) is 26.4. The van der Waals surface area contributed by atoms with Crippen molar-refractivity contribution in [2.45, 2.75) is 78.0 Å². The standard InChI is InChI=1S/C31H42N8O7/c1-20(2)29(35-26(41)9-5-4-6-17-38-27(42)14-15-28(38)43)24-18-39(37-36-24)25(8-7-16-33-31(32)45)30(44)34-23-12-10-22(11-13-23)19-46-21(3)40/h10-15,18,20,25,29H,4-9,16-17,19H2,1-3H3,(H,34,44)(H,35,41)(H3,32,33,45)/t25-,29-/m0/s1. The van der Waals surface area contributed by atoms with Gasteiger partial charge in [-0.3, -0.25) is 28.9 Å². The van der Waals surface area contributed by atoms with Gasteiger partial charge in [0.2, 0.25) is 11.8 Å². The van der Waals surface area contributed by atoms with Gasteiger partial charge in [0.25, 0.3) is 11.8 Å². The second-order valence-electron chi connectivity index (χ2n) is 11.3. The largest absolute Gasteiger partial charge is 0.461 e. The van der Waals surface area contributed by atoms with Gasteiger partial charge in [0.15, 0.2) is 0 Å². The molecule has 1 aromatic carbocycles. The molecule has 15 heteroatoms. The highest BCUT2D eigenvalue weighted by molar-refractivity contribution is 6.12. The number of nitrogens with zero attached hydrogens (tertiary/aromatic N) is 4. The van der Waals surface area contributed by atoms with E-state index in [2.05, 4.69) is 26.3 Å². The van der Waals surface area contributed by atoms with Gasteiger partial charge in [-0.25, -0.2) is 9.48 Å². The summed E-state index contributed by atoms with van der Waals surface area (Å²) in [6.45, 7) is 5.90. The summed E-state index contributed by atoms with van der Waals surface area (Å²) in [6, 6.07) is 4.95. The summed E-state index contributed by atoms with van der Waals surface area (Å²) in [4.78, 5) is 72.9. The lowest BCUT2D eigenvalue weighted by atomic mass is 10.0. The monoisotopic (exact) mass is 638 g/mol. The Balaban J connectivity index is 1.61. The summed E-state index contributed by atoms with van der Waals surface area (Å²) in [6.07, 6.45) is 6.99. The highest BCUT2D eigenvalue weighted by Crippen LogP contribution is 2.23. The fourth-order valence-electron chi connectivity index (χ4n) is 4.78. The summed E-state index contributed by atoms with van der Waals surface area (Å²) in [5, 5.41) is 16.9. The molecular weight excluding hydrogens is 596 g/mol. The Morgan fingerprint density at radius 3 is 2.30 bits per heavy atom. The van der Waals surface area contributed by atoms with E-state index in [0.29, 0.717) is 50.0 Å². The molecule has 2 aromatic rings. The summed E-state index contributed by atoms with van der Waals surface area (Å²) >= 11 is 0. The molecule has 6 amide bonds. The van der Waals surface area contributed by atoms with Crippen molar-refractivity contribution in [1.82, 2.24) is 30.5 Å². The fraction of sp³-hybridized carbons (Fsp3) is 0.484. The van der Waals surface area contributed by atoms with Crippen molar-refractivity contribution in [2.75, 3.05) is 18.4 Å². The maximum atomic E-state index is 13.4. The molecule has 0 saturated carbocycles. The van der Waals surface area contributed by atoms with E-state index in [1.54, 1.807) is 30.5 Å². The lowest BCUT2D eigenvalue weighted by Gasteiger charge is -2.20. The third kappa shape index (κ3) is 11.1. The maximum Gasteiger partial charge on any atom is 0.312 e. The molecule has 1 aliphatic heterocycles. The van der Waals surface area contributed by atoms with Crippen molar-refractivity contribution in [1.29, 1.82) is 0 Å². The van der Waals surface area contributed by atoms with E-state index in [4.69, 9.17) is 10.5 Å². The summed E-state index contributed by atoms with van der Waals surface area (Å²) in [5.74, 6) is -1.59. The van der Waals surface area contributed by atoms with Crippen molar-refractivity contribution < 1.29 is 33.5 Å². The molecule has 0 bridgehead atoms. The van der Waals surface area contributed by atoms with Gasteiger partial charge in [-0.15, -0.1) is 5.10 Å². The number of primary amides is 1. The van der Waals surface area contributed by atoms with Gasteiger partial charge in [0.05, 0.1) is 12.2 Å². The van der Waals surface area contributed by atoms with Crippen molar-refractivity contribution in [3.05, 3.63) is 53.9 Å². The molecule has 1 aliphatic rings. The number of aromatic nitrogens is 3. The van der Waals surface area contributed by atoms with Gasteiger partial charge in [-0.05, 0) is 49.3 Å². The van der Waals surface area contributed by atoms with Crippen molar-refractivity contribution in [3.63, 3.8) is 0 Å². The van der Waals surface area contributed by atoms with Crippen LogP contribution in [0.25, 0.3) is 0 Å². The van der Waals surface area contributed by atoms with Crippen molar-refractivity contribution >= 4 is 41.3 Å². The molecule has 0 fully saturated rings. The summed E-state index contributed by atoms with van der Waals surface area (Å²) < 4.78 is 6.44. The summed E-state index contributed by atoms with van der Waals surface area (Å²) in [5.41, 5.74) is 6.95. The predicted octanol–water partition coefficient (Wildman–Crippen LogP) is 2.27. The number of carbonyl (C=O) groups is 6. The highest BCUT2D eigenvalue weighted by atomic mass is 16.5. The summed E-state index contributed by atoms with van der Waals surface area (Å²) in [7, 11) is 0. The molecule has 46 heavy (non-hydrogen) atoms. The highest BCUT2D eigenvalue weighted by Gasteiger charge is 2.27. The van der Waals surface area contributed by atoms with Crippen LogP contribution in [-0.2, 0) is 35.3 Å². The molecule has 0 saturated heterocycles. The van der Waals surface area contributed by atoms with Crippen LogP contribution in [0.1, 0.15) is 82.6 Å². The number of ether oxygens (including phenoxy) is 1. The maximum absolute atomic E-state index is 13.4. The molecule has 0 spiro atoms. The number of unbranched alkanes of at least 4 members (excludes halogenated alkanes) is 2. The van der Waals surface area contributed by atoms with Crippen LogP contribution in [0.4, 0.5) is 10.5 Å². The van der Waals surface area contributed by atoms with Crippen LogP contribution in [0, 0.1) is 5.92 Å². The van der Waals surface area contributed by atoms with Crippen LogP contribution < -0.4 is 21.7 Å². The van der Waals surface area contributed by atoms with E-state index in [0.717, 1.165) is 5.56 Å². The number of urea groups is 1. The Kier molecular flexibility index (Phi) is 13.4. The Bertz CT molecular complexity index is 1400. The molecule has 5 N–H and O–H groups in total. The van der Waals surface area contributed by atoms with Gasteiger partial charge in [0.1, 0.15) is 18.3 Å². The molecule has 2 atom stereocenters. The van der Waals surface area contributed by atoms with Crippen LogP contribution in [-0.4, -0.2) is 68.6 Å². The van der Waals surface area contributed by atoms with Crippen LogP contribution in [0.3, 0.4) is 0 Å². The lowest BCUT2D eigenvalue weighted by Crippen LogP contribution is -2.32. The number of hydrogen-bond acceptors (Lipinski definition) is 9. The quantitative estimate of drug-likeness (QED) is 0.107. The van der Waals surface area contributed by atoms with E-state index >= 15 is 0 Å². The Labute approximate surface area is 267 Å². The van der Waals surface area contributed by atoms with Gasteiger partial charge >= 0.3 is 12.0 Å². The second-order valence-corrected chi connectivity index (χ2v) is 11.3. The molecule has 2 heterocycles. The number of nitrogens with one attached hydrogen (secondary N) is 3. The molecule has 0 radical (unpaired) electrons. The molecule has 0 unspecified atom stereocenters. The smallest absolute Gasteiger partial charge is 0.312 e. The van der Waals surface area contributed by atoms with E-state index < -0.39 is 24.1 Å². The first-order chi connectivity index (χ1) is 21.9. The second kappa shape index (κ2) is 17.4. The molecule has 0 aliphatic carbocycles. The number of amides is 6. The first kappa shape index (κ1) is 35.4. The topological polar surface area (TPSA) is 208 Å². The van der Waals surface area contributed by atoms with Crippen molar-refractivity contribution in [3.8, 4) is 0 Å². The van der Waals surface area contributed by atoms with Gasteiger partial charge in [0, 0.05) is 44.3 Å². The predicted molar refractivity (Wildman–Crippen MR) is 166 cm³/mol. The minimum atomic E-state index is -0.787. The number of esters is 1. The third-order valence-corrected chi connectivity index (χ3v) is 7.26. The number of rotatable bonds is 18. The average Bonchev–Trinajstić information content (AvgIpc) is 3.61. The van der Waals surface area contributed by atoms with Gasteiger partial charge in [-0.1, -0.05) is 37.6 Å². The van der Waals surface area contributed by atoms with E-state index in [1.807, 2.05) is 13.8 Å². The third-order valence-electron chi connectivity index (χ3n) is 7.26. The number of nitrogens with two attached hydrogens (primary N) is 1. The first-order valence-electron chi connectivity index (χ1n) is 15.3. The van der Waals surface area contributed by atoms with Gasteiger partial charge in [-0.2, -0.15) is 0 Å². The average molecular weight is 639 g/mol. The van der Waals surface area contributed by atoms with Gasteiger partial charge < -0.3 is 26.4 Å². The molecule has 248 valence electrons. The SMILES string of the molecule is CC(=O)OCc1ccc(NC(=O)[C@H](CCCNC(N)=O)n2cc([C@@H](NC(=O)CCCCCN3C(=O)C=CC3=O)C(C)C)nn2)cc1. The minimum absolute atomic E-state index is 0.0358. The zero-order valence-corrected chi connectivity index (χ0v) is 26.4. The number of hydrogen-bond donors (Lipinski definition) is 4. The van der Waals surface area contributed by atoms with E-state index in [-0.39, 0.29) is 49.1 Å². The molecule has 3 rings (SSSR count).